The van der Waals surface area contributed by atoms with Crippen molar-refractivity contribution in [2.75, 3.05) is 0 Å². The van der Waals surface area contributed by atoms with Gasteiger partial charge in [-0.1, -0.05) is 12.1 Å². The molecule has 0 aliphatic rings. The third-order valence-corrected chi connectivity index (χ3v) is 3.30. The van der Waals surface area contributed by atoms with E-state index in [9.17, 15) is 4.39 Å². The summed E-state index contributed by atoms with van der Waals surface area (Å²) in [6.45, 7) is 3.62. The lowest BCUT2D eigenvalue weighted by Gasteiger charge is -2.02. The molecule has 0 saturated carbocycles. The molecule has 0 amide bonds. The van der Waals surface area contributed by atoms with E-state index in [0.29, 0.717) is 16.1 Å². The standard InChI is InChI=1S/C12H13FN2S/c1-7-4-3-5-9(11(7)13)12-15-10(6-16-12)8(2)14/h3-6,8H,14H2,1-2H3. The maximum Gasteiger partial charge on any atom is 0.136 e. The maximum absolute atomic E-state index is 13.8. The summed E-state index contributed by atoms with van der Waals surface area (Å²) >= 11 is 1.42. The molecule has 16 heavy (non-hydrogen) atoms. The summed E-state index contributed by atoms with van der Waals surface area (Å²) in [7, 11) is 0. The lowest BCUT2D eigenvalue weighted by molar-refractivity contribution is 0.622. The molecule has 1 unspecified atom stereocenters. The molecule has 1 aromatic carbocycles. The number of thiazole rings is 1. The number of halogens is 1. The topological polar surface area (TPSA) is 38.9 Å². The fraction of sp³-hybridized carbons (Fsp3) is 0.250. The number of rotatable bonds is 2. The molecule has 1 heterocycles. The Morgan fingerprint density at radius 2 is 2.19 bits per heavy atom. The van der Waals surface area contributed by atoms with Crippen molar-refractivity contribution in [1.29, 1.82) is 0 Å². The lowest BCUT2D eigenvalue weighted by atomic mass is 10.1. The van der Waals surface area contributed by atoms with Crippen molar-refractivity contribution in [3.05, 3.63) is 40.7 Å². The van der Waals surface area contributed by atoms with Crippen LogP contribution in [0.3, 0.4) is 0 Å². The zero-order valence-corrected chi connectivity index (χ0v) is 10.0. The molecule has 0 spiro atoms. The Bertz CT molecular complexity index is 505. The Hall–Kier alpha value is -1.26. The van der Waals surface area contributed by atoms with E-state index < -0.39 is 0 Å². The van der Waals surface area contributed by atoms with E-state index in [0.717, 1.165) is 5.69 Å². The Labute approximate surface area is 97.9 Å². The molecular formula is C12H13FN2S. The molecular weight excluding hydrogens is 223 g/mol. The van der Waals surface area contributed by atoms with Crippen LogP contribution in [0.4, 0.5) is 4.39 Å². The fourth-order valence-corrected chi connectivity index (χ4v) is 2.37. The molecule has 0 bridgehead atoms. The van der Waals surface area contributed by atoms with Crippen LogP contribution >= 0.6 is 11.3 Å². The normalized spacial score (nSPS) is 12.8. The summed E-state index contributed by atoms with van der Waals surface area (Å²) in [5, 5.41) is 2.57. The fourth-order valence-electron chi connectivity index (χ4n) is 1.43. The quantitative estimate of drug-likeness (QED) is 0.869. The van der Waals surface area contributed by atoms with Gasteiger partial charge < -0.3 is 5.73 Å². The summed E-state index contributed by atoms with van der Waals surface area (Å²) < 4.78 is 13.8. The second-order valence-electron chi connectivity index (χ2n) is 3.80. The van der Waals surface area contributed by atoms with Crippen molar-refractivity contribution in [2.45, 2.75) is 19.9 Å². The molecule has 1 atom stereocenters. The Balaban J connectivity index is 2.47. The molecule has 2 nitrogen and oxygen atoms in total. The van der Waals surface area contributed by atoms with Crippen molar-refractivity contribution in [2.24, 2.45) is 5.73 Å². The summed E-state index contributed by atoms with van der Waals surface area (Å²) in [5.74, 6) is -0.201. The minimum absolute atomic E-state index is 0.113. The molecule has 0 aliphatic heterocycles. The third kappa shape index (κ3) is 1.99. The van der Waals surface area contributed by atoms with E-state index in [1.807, 2.05) is 18.4 Å². The molecule has 0 radical (unpaired) electrons. The van der Waals surface area contributed by atoms with Gasteiger partial charge in [-0.15, -0.1) is 11.3 Å². The Morgan fingerprint density at radius 1 is 1.44 bits per heavy atom. The van der Waals surface area contributed by atoms with Crippen molar-refractivity contribution < 1.29 is 4.39 Å². The van der Waals surface area contributed by atoms with Crippen molar-refractivity contribution in [3.63, 3.8) is 0 Å². The number of nitrogens with zero attached hydrogens (tertiary/aromatic N) is 1. The van der Waals surface area contributed by atoms with E-state index in [1.165, 1.54) is 11.3 Å². The Morgan fingerprint density at radius 3 is 2.81 bits per heavy atom. The highest BCUT2D eigenvalue weighted by Gasteiger charge is 2.12. The molecule has 4 heteroatoms. The van der Waals surface area contributed by atoms with Crippen LogP contribution in [-0.2, 0) is 0 Å². The minimum Gasteiger partial charge on any atom is -0.323 e. The van der Waals surface area contributed by atoms with Gasteiger partial charge in [-0.3, -0.25) is 0 Å². The molecule has 0 saturated heterocycles. The smallest absolute Gasteiger partial charge is 0.136 e. The molecule has 84 valence electrons. The summed E-state index contributed by atoms with van der Waals surface area (Å²) in [4.78, 5) is 4.34. The lowest BCUT2D eigenvalue weighted by Crippen LogP contribution is -2.04. The largest absolute Gasteiger partial charge is 0.323 e. The van der Waals surface area contributed by atoms with Crippen LogP contribution in [0.5, 0.6) is 0 Å². The van der Waals surface area contributed by atoms with Gasteiger partial charge in [0.15, 0.2) is 0 Å². The van der Waals surface area contributed by atoms with Gasteiger partial charge in [0.05, 0.1) is 5.69 Å². The monoisotopic (exact) mass is 236 g/mol. The summed E-state index contributed by atoms with van der Waals surface area (Å²) in [6, 6.07) is 5.21. The first kappa shape index (κ1) is 11.2. The second kappa shape index (κ2) is 4.31. The number of hydrogen-bond acceptors (Lipinski definition) is 3. The molecule has 1 aromatic heterocycles. The highest BCUT2D eigenvalue weighted by molar-refractivity contribution is 7.13. The molecule has 2 N–H and O–H groups in total. The van der Waals surface area contributed by atoms with Crippen LogP contribution in [0, 0.1) is 12.7 Å². The number of benzene rings is 1. The zero-order valence-electron chi connectivity index (χ0n) is 9.20. The predicted octanol–water partition coefficient (Wildman–Crippen LogP) is 3.28. The van der Waals surface area contributed by atoms with E-state index in [4.69, 9.17) is 5.73 Å². The van der Waals surface area contributed by atoms with Gasteiger partial charge in [-0.25, -0.2) is 9.37 Å². The van der Waals surface area contributed by atoms with Gasteiger partial charge >= 0.3 is 0 Å². The van der Waals surface area contributed by atoms with Gasteiger partial charge in [0.2, 0.25) is 0 Å². The number of aromatic nitrogens is 1. The van der Waals surface area contributed by atoms with Crippen LogP contribution in [0.2, 0.25) is 0 Å². The molecule has 2 rings (SSSR count). The highest BCUT2D eigenvalue weighted by atomic mass is 32.1. The van der Waals surface area contributed by atoms with Crippen molar-refractivity contribution in [1.82, 2.24) is 4.98 Å². The first-order valence-corrected chi connectivity index (χ1v) is 5.94. The minimum atomic E-state index is -0.201. The molecule has 2 aromatic rings. The van der Waals surface area contributed by atoms with Gasteiger partial charge in [-0.2, -0.15) is 0 Å². The van der Waals surface area contributed by atoms with Crippen LogP contribution in [-0.4, -0.2) is 4.98 Å². The number of aryl methyl sites for hydroxylation is 1. The van der Waals surface area contributed by atoms with Crippen LogP contribution < -0.4 is 5.73 Å². The van der Waals surface area contributed by atoms with Crippen molar-refractivity contribution >= 4 is 11.3 Å². The summed E-state index contributed by atoms with van der Waals surface area (Å²) in [5.41, 5.74) is 7.72. The second-order valence-corrected chi connectivity index (χ2v) is 4.66. The third-order valence-electron chi connectivity index (χ3n) is 2.41. The molecule has 0 aliphatic carbocycles. The van der Waals surface area contributed by atoms with Crippen molar-refractivity contribution in [3.8, 4) is 10.6 Å². The van der Waals surface area contributed by atoms with Gasteiger partial charge in [0.1, 0.15) is 10.8 Å². The number of nitrogens with two attached hydrogens (primary N) is 1. The first-order valence-electron chi connectivity index (χ1n) is 5.06. The van der Waals surface area contributed by atoms with E-state index >= 15 is 0 Å². The molecule has 0 fully saturated rings. The summed E-state index contributed by atoms with van der Waals surface area (Å²) in [6.07, 6.45) is 0. The average Bonchev–Trinajstić information content (AvgIpc) is 2.71. The van der Waals surface area contributed by atoms with E-state index in [2.05, 4.69) is 4.98 Å². The predicted molar refractivity (Wildman–Crippen MR) is 64.8 cm³/mol. The average molecular weight is 236 g/mol. The first-order chi connectivity index (χ1) is 7.59. The Kier molecular flexibility index (Phi) is 3.03. The zero-order chi connectivity index (χ0) is 11.7. The number of hydrogen-bond donors (Lipinski definition) is 1. The highest BCUT2D eigenvalue weighted by Crippen LogP contribution is 2.28. The van der Waals surface area contributed by atoms with E-state index in [-0.39, 0.29) is 11.9 Å². The maximum atomic E-state index is 13.8. The SMILES string of the molecule is Cc1cccc(-c2nc(C(C)N)cs2)c1F. The van der Waals surface area contributed by atoms with Gasteiger partial charge in [0.25, 0.3) is 0 Å². The van der Waals surface area contributed by atoms with Gasteiger partial charge in [-0.05, 0) is 25.5 Å². The van der Waals surface area contributed by atoms with E-state index in [1.54, 1.807) is 19.1 Å². The van der Waals surface area contributed by atoms with Crippen LogP contribution in [0.25, 0.3) is 10.6 Å². The van der Waals surface area contributed by atoms with Crippen LogP contribution in [0.1, 0.15) is 24.2 Å². The van der Waals surface area contributed by atoms with Gasteiger partial charge in [0, 0.05) is 17.0 Å². The van der Waals surface area contributed by atoms with Crippen LogP contribution in [0.15, 0.2) is 23.6 Å².